The molecule has 3 saturated heterocycles. The summed E-state index contributed by atoms with van der Waals surface area (Å²) in [5.74, 6) is 2.48. The molecule has 0 spiro atoms. The molecular weight excluding hydrogens is 324 g/mol. The van der Waals surface area contributed by atoms with E-state index in [1.54, 1.807) is 6.08 Å². The van der Waals surface area contributed by atoms with E-state index in [9.17, 15) is 0 Å². The van der Waals surface area contributed by atoms with Crippen molar-refractivity contribution in [2.75, 3.05) is 0 Å². The van der Waals surface area contributed by atoms with Crippen LogP contribution in [0.4, 0.5) is 0 Å². The van der Waals surface area contributed by atoms with Crippen molar-refractivity contribution in [2.45, 2.75) is 68.0 Å². The molecular formula is C15H21BrO4. The van der Waals surface area contributed by atoms with Gasteiger partial charge in [0.15, 0.2) is 0 Å². The lowest BCUT2D eigenvalue weighted by atomic mass is 9.90. The van der Waals surface area contributed by atoms with Crippen molar-refractivity contribution in [3.8, 4) is 12.3 Å². The van der Waals surface area contributed by atoms with E-state index in [2.05, 4.69) is 33.7 Å². The van der Waals surface area contributed by atoms with Crippen LogP contribution in [0.5, 0.6) is 0 Å². The van der Waals surface area contributed by atoms with Gasteiger partial charge in [-0.05, 0) is 25.3 Å². The van der Waals surface area contributed by atoms with Crippen LogP contribution in [0, 0.1) is 12.3 Å². The highest BCUT2D eigenvalue weighted by Crippen LogP contribution is 2.36. The van der Waals surface area contributed by atoms with Crippen LogP contribution in [0.25, 0.3) is 0 Å². The molecule has 0 amide bonds. The molecule has 3 aliphatic rings. The molecule has 0 aromatic carbocycles. The molecule has 0 saturated carbocycles. The van der Waals surface area contributed by atoms with E-state index in [1.807, 2.05) is 6.08 Å². The molecule has 0 unspecified atom stereocenters. The van der Waals surface area contributed by atoms with Crippen LogP contribution in [0.1, 0.15) is 32.6 Å². The number of alkyl halides is 1. The molecule has 5 heteroatoms. The molecule has 4 nitrogen and oxygen atoms in total. The zero-order chi connectivity index (χ0) is 14.5. The number of hydrogen-bond acceptors (Lipinski definition) is 4. The molecule has 2 bridgehead atoms. The van der Waals surface area contributed by atoms with Crippen LogP contribution in [0.3, 0.4) is 0 Å². The highest BCUT2D eigenvalue weighted by molar-refractivity contribution is 9.09. The largest absolute Gasteiger partial charge is 0.371 e. The predicted octanol–water partition coefficient (Wildman–Crippen LogP) is 2.91. The first-order chi connectivity index (χ1) is 9.69. The van der Waals surface area contributed by atoms with Crippen LogP contribution in [-0.4, -0.2) is 40.6 Å². The molecule has 112 valence electrons. The Morgan fingerprint density at radius 1 is 1.35 bits per heavy atom. The number of hydrogen-bond donors (Lipinski definition) is 1. The first kappa shape index (κ1) is 16.0. The molecule has 6 atom stereocenters. The topological polar surface area (TPSA) is 47.9 Å². The third-order valence-electron chi connectivity index (χ3n) is 3.97. The molecule has 0 aliphatic carbocycles. The third-order valence-corrected chi connectivity index (χ3v) is 4.94. The molecule has 1 N–H and O–H groups in total. The molecule has 0 radical (unpaired) electrons. The van der Waals surface area contributed by atoms with Gasteiger partial charge in [0, 0.05) is 11.2 Å². The fraction of sp³-hybridized carbons (Fsp3) is 0.733. The van der Waals surface area contributed by atoms with Crippen molar-refractivity contribution in [3.63, 3.8) is 0 Å². The van der Waals surface area contributed by atoms with Gasteiger partial charge in [0.1, 0.15) is 6.10 Å². The van der Waals surface area contributed by atoms with Crippen molar-refractivity contribution in [1.29, 1.82) is 0 Å². The van der Waals surface area contributed by atoms with Gasteiger partial charge in [0.25, 0.3) is 0 Å². The van der Waals surface area contributed by atoms with Crippen molar-refractivity contribution in [2.24, 2.45) is 0 Å². The Hall–Kier alpha value is -0.380. The molecule has 0 aromatic rings. The summed E-state index contributed by atoms with van der Waals surface area (Å²) in [6.07, 6.45) is 11.5. The first-order valence-electron chi connectivity index (χ1n) is 7.05. The lowest BCUT2D eigenvalue weighted by Gasteiger charge is -2.45. The standard InChI is InChI=1S/C15H21BrO4/c1-3-5-6-7-12-14-9-15(20-17)13(19-12)8-10(16)11(4-2)18-14/h1,5-6,10-15,17H,4,7-9H2,2H3/t10-,11+,12+,13+,14-,15+/m0/s1. The summed E-state index contributed by atoms with van der Waals surface area (Å²) in [7, 11) is 0. The van der Waals surface area contributed by atoms with Crippen molar-refractivity contribution in [3.05, 3.63) is 12.2 Å². The van der Waals surface area contributed by atoms with Gasteiger partial charge in [-0.3, -0.25) is 5.26 Å². The van der Waals surface area contributed by atoms with E-state index < -0.39 is 0 Å². The predicted molar refractivity (Wildman–Crippen MR) is 79.7 cm³/mol. The summed E-state index contributed by atoms with van der Waals surface area (Å²) >= 11 is 3.66. The lowest BCUT2D eigenvalue weighted by molar-refractivity contribution is -0.334. The highest BCUT2D eigenvalue weighted by atomic mass is 79.9. The van der Waals surface area contributed by atoms with Gasteiger partial charge in [0.2, 0.25) is 0 Å². The minimum Gasteiger partial charge on any atom is -0.371 e. The molecule has 3 heterocycles. The maximum Gasteiger partial charge on any atom is 0.121 e. The number of rotatable bonds is 4. The number of allylic oxidation sites excluding steroid dienone is 1. The maximum atomic E-state index is 9.05. The fourth-order valence-corrected chi connectivity index (χ4v) is 3.77. The average Bonchev–Trinajstić information content (AvgIpc) is 2.44. The summed E-state index contributed by atoms with van der Waals surface area (Å²) in [5, 5.41) is 9.05. The third kappa shape index (κ3) is 3.63. The van der Waals surface area contributed by atoms with E-state index in [0.29, 0.717) is 12.8 Å². The van der Waals surface area contributed by atoms with Gasteiger partial charge in [-0.1, -0.05) is 34.9 Å². The van der Waals surface area contributed by atoms with Gasteiger partial charge in [0.05, 0.1) is 24.4 Å². The molecule has 3 fully saturated rings. The number of fused-ring (bicyclic) bond motifs is 5. The van der Waals surface area contributed by atoms with Crippen LogP contribution in [0.2, 0.25) is 0 Å². The number of terminal acetylenes is 1. The Morgan fingerprint density at radius 2 is 2.10 bits per heavy atom. The van der Waals surface area contributed by atoms with Gasteiger partial charge in [-0.25, -0.2) is 4.89 Å². The molecule has 3 rings (SSSR count). The fourth-order valence-electron chi connectivity index (χ4n) is 2.91. The van der Waals surface area contributed by atoms with E-state index in [4.69, 9.17) is 21.2 Å². The Kier molecular flexibility index (Phi) is 6.06. The van der Waals surface area contributed by atoms with E-state index >= 15 is 0 Å². The number of ether oxygens (including phenoxy) is 2. The zero-order valence-electron chi connectivity index (χ0n) is 11.6. The average molecular weight is 345 g/mol. The van der Waals surface area contributed by atoms with Crippen molar-refractivity contribution in [1.82, 2.24) is 0 Å². The minimum absolute atomic E-state index is 0.0370. The lowest BCUT2D eigenvalue weighted by Crippen LogP contribution is -2.54. The Morgan fingerprint density at radius 3 is 2.75 bits per heavy atom. The Balaban J connectivity index is 2.12. The van der Waals surface area contributed by atoms with Gasteiger partial charge < -0.3 is 9.47 Å². The highest BCUT2D eigenvalue weighted by Gasteiger charge is 2.44. The molecule has 3 aliphatic heterocycles. The molecule has 20 heavy (non-hydrogen) atoms. The Labute approximate surface area is 128 Å². The van der Waals surface area contributed by atoms with Crippen molar-refractivity contribution >= 4 is 15.9 Å². The minimum atomic E-state index is -0.328. The van der Waals surface area contributed by atoms with E-state index in [1.165, 1.54) is 0 Å². The maximum absolute atomic E-state index is 9.05. The first-order valence-corrected chi connectivity index (χ1v) is 7.97. The summed E-state index contributed by atoms with van der Waals surface area (Å²) in [6.45, 7) is 2.11. The summed E-state index contributed by atoms with van der Waals surface area (Å²) in [4.78, 5) is 4.78. The van der Waals surface area contributed by atoms with Crippen LogP contribution < -0.4 is 0 Å². The van der Waals surface area contributed by atoms with Crippen LogP contribution in [0.15, 0.2) is 12.2 Å². The van der Waals surface area contributed by atoms with Gasteiger partial charge in [-0.15, -0.1) is 6.42 Å². The van der Waals surface area contributed by atoms with Gasteiger partial charge >= 0.3 is 0 Å². The Bertz CT molecular complexity index is 377. The van der Waals surface area contributed by atoms with E-state index in [0.717, 1.165) is 12.8 Å². The molecule has 0 aromatic heterocycles. The quantitative estimate of drug-likeness (QED) is 0.368. The number of halogens is 1. The zero-order valence-corrected chi connectivity index (χ0v) is 13.2. The second-order valence-corrected chi connectivity index (χ2v) is 6.45. The summed E-state index contributed by atoms with van der Waals surface area (Å²) in [6, 6.07) is 0. The van der Waals surface area contributed by atoms with Crippen LogP contribution >= 0.6 is 15.9 Å². The second-order valence-electron chi connectivity index (χ2n) is 5.27. The smallest absolute Gasteiger partial charge is 0.121 e. The normalized spacial score (nSPS) is 41.3. The SMILES string of the molecule is C#CC=CC[C@H]1O[C@@H]2C[C@H](Br)[C@@H](CC)O[C@H]1C[C@H]2OO. The van der Waals surface area contributed by atoms with E-state index in [-0.39, 0.29) is 35.3 Å². The second kappa shape index (κ2) is 7.58. The van der Waals surface area contributed by atoms with Gasteiger partial charge in [-0.2, -0.15) is 0 Å². The summed E-state index contributed by atoms with van der Waals surface area (Å²) in [5.41, 5.74) is 0. The monoisotopic (exact) mass is 344 g/mol. The summed E-state index contributed by atoms with van der Waals surface area (Å²) < 4.78 is 12.2. The van der Waals surface area contributed by atoms with Crippen LogP contribution in [-0.2, 0) is 14.4 Å². The van der Waals surface area contributed by atoms with Crippen molar-refractivity contribution < 1.29 is 19.6 Å².